The summed E-state index contributed by atoms with van der Waals surface area (Å²) in [5, 5.41) is 2.49. The minimum atomic E-state index is -0.533. The van der Waals surface area contributed by atoms with E-state index in [4.69, 9.17) is 0 Å². The average molecular weight is 879 g/mol. The van der Waals surface area contributed by atoms with E-state index in [-0.39, 0.29) is 0 Å². The molecule has 0 N–H and O–H groups in total. The molecule has 0 bridgehead atoms. The highest BCUT2D eigenvalue weighted by molar-refractivity contribution is 6.10. The lowest BCUT2D eigenvalue weighted by molar-refractivity contribution is 0.768. The Labute approximate surface area is 403 Å². The molecule has 0 atom stereocenters. The molecule has 0 unspecified atom stereocenters. The third-order valence-corrected chi connectivity index (χ3v) is 14.3. The highest BCUT2D eigenvalue weighted by Crippen LogP contribution is 2.57. The Bertz CT molecular complexity index is 3760. The summed E-state index contributed by atoms with van der Waals surface area (Å²) < 4.78 is 2.38. The van der Waals surface area contributed by atoms with Crippen LogP contribution in [0.15, 0.2) is 279 Å². The average Bonchev–Trinajstić information content (AvgIpc) is 3.92. The van der Waals surface area contributed by atoms with Crippen LogP contribution in [0.1, 0.15) is 22.3 Å². The maximum absolute atomic E-state index is 2.47. The summed E-state index contributed by atoms with van der Waals surface area (Å²) in [6.45, 7) is 0. The molecule has 0 aliphatic heterocycles. The minimum absolute atomic E-state index is 0.533. The molecule has 2 nitrogen and oxygen atoms in total. The summed E-state index contributed by atoms with van der Waals surface area (Å²) in [6.07, 6.45) is 0. The molecule has 0 radical (unpaired) electrons. The van der Waals surface area contributed by atoms with E-state index in [1.807, 2.05) is 0 Å². The Hall–Kier alpha value is -8.98. The van der Waals surface area contributed by atoms with Crippen LogP contribution in [0, 0.1) is 0 Å². The van der Waals surface area contributed by atoms with Gasteiger partial charge in [-0.1, -0.05) is 218 Å². The summed E-state index contributed by atoms with van der Waals surface area (Å²) in [4.78, 5) is 2.46. The lowest BCUT2D eigenvalue weighted by Crippen LogP contribution is -2.28. The molecule has 1 aliphatic rings. The number of nitrogens with zero attached hydrogens (tertiary/aromatic N) is 2. The van der Waals surface area contributed by atoms with Gasteiger partial charge in [-0.2, -0.15) is 0 Å². The number of benzene rings is 11. The monoisotopic (exact) mass is 878 g/mol. The van der Waals surface area contributed by atoms with Crippen molar-refractivity contribution in [2.45, 2.75) is 5.41 Å². The highest BCUT2D eigenvalue weighted by Gasteiger charge is 2.46. The Kier molecular flexibility index (Phi) is 9.77. The molecule has 1 aliphatic carbocycles. The van der Waals surface area contributed by atoms with E-state index in [1.54, 1.807) is 0 Å². The van der Waals surface area contributed by atoms with Crippen LogP contribution in [0.2, 0.25) is 0 Å². The largest absolute Gasteiger partial charge is 0.310 e. The lowest BCUT2D eigenvalue weighted by atomic mass is 9.67. The number of fused-ring (bicyclic) bond motifs is 6. The quantitative estimate of drug-likeness (QED) is 0.140. The van der Waals surface area contributed by atoms with Gasteiger partial charge in [0.2, 0.25) is 0 Å². The van der Waals surface area contributed by atoms with Gasteiger partial charge in [0, 0.05) is 33.4 Å². The fourth-order valence-corrected chi connectivity index (χ4v) is 11.2. The van der Waals surface area contributed by atoms with E-state index >= 15 is 0 Å². The van der Waals surface area contributed by atoms with Gasteiger partial charge in [0.25, 0.3) is 0 Å². The Morgan fingerprint density at radius 3 is 1.51 bits per heavy atom. The first-order valence-electron chi connectivity index (χ1n) is 23.8. The van der Waals surface area contributed by atoms with Crippen molar-refractivity contribution in [1.29, 1.82) is 0 Å². The highest BCUT2D eigenvalue weighted by atomic mass is 15.1. The molecular formula is C67H46N2. The SMILES string of the molecule is c1ccc(-c2ccc(-c3ccccc3N(c3ccc(-c4ccc5c(c4)c4ccccc4n5-c4ccccc4)cc3)c3ccc4c(c3)C(c3ccccc3)(c3ccccc3)c3ccccc3-4)cc2)cc1. The van der Waals surface area contributed by atoms with Crippen LogP contribution < -0.4 is 4.90 Å². The van der Waals surface area contributed by atoms with Crippen molar-refractivity contribution in [1.82, 2.24) is 4.57 Å². The fourth-order valence-electron chi connectivity index (χ4n) is 11.2. The van der Waals surface area contributed by atoms with Crippen molar-refractivity contribution in [3.8, 4) is 50.2 Å². The smallest absolute Gasteiger partial charge is 0.0714 e. The molecule has 2 heteroatoms. The molecule has 0 fully saturated rings. The maximum Gasteiger partial charge on any atom is 0.0714 e. The Morgan fingerprint density at radius 2 is 0.783 bits per heavy atom. The van der Waals surface area contributed by atoms with Gasteiger partial charge in [0.05, 0.1) is 22.1 Å². The standard InChI is InChI=1S/C67H46N2/c1-5-19-47(20-6-1)48-33-35-50(36-34-48)57-27-14-17-31-64(57)68(55-40-37-49(38-41-55)51-39-44-66-61(45-51)60-29-15-18-32-65(60)69(66)54-25-11-4-12-26-54)56-42-43-59-58-28-13-16-30-62(58)67(63(59)46-56,52-21-7-2-8-22-52)53-23-9-3-10-24-53/h1-46H. The van der Waals surface area contributed by atoms with Crippen molar-refractivity contribution >= 4 is 38.9 Å². The van der Waals surface area contributed by atoms with Gasteiger partial charge >= 0.3 is 0 Å². The molecule has 324 valence electrons. The molecule has 1 aromatic heterocycles. The summed E-state index contributed by atoms with van der Waals surface area (Å²) in [5.41, 5.74) is 21.0. The van der Waals surface area contributed by atoms with Crippen molar-refractivity contribution in [2.75, 3.05) is 4.90 Å². The van der Waals surface area contributed by atoms with Crippen LogP contribution in [0.5, 0.6) is 0 Å². The molecule has 13 rings (SSSR count). The first-order valence-corrected chi connectivity index (χ1v) is 23.8. The summed E-state index contributed by atoms with van der Waals surface area (Å²) in [6, 6.07) is 102. The fraction of sp³-hybridized carbons (Fsp3) is 0.0149. The van der Waals surface area contributed by atoms with Crippen LogP contribution in [-0.2, 0) is 5.41 Å². The molecule has 12 aromatic rings. The van der Waals surface area contributed by atoms with E-state index in [2.05, 4.69) is 289 Å². The Balaban J connectivity index is 0.989. The molecule has 0 saturated carbocycles. The third kappa shape index (κ3) is 6.64. The Morgan fingerprint density at radius 1 is 0.290 bits per heavy atom. The first kappa shape index (κ1) is 40.3. The zero-order chi connectivity index (χ0) is 45.7. The number of aromatic nitrogens is 1. The molecular weight excluding hydrogens is 833 g/mol. The molecule has 1 heterocycles. The van der Waals surface area contributed by atoms with Crippen LogP contribution in [-0.4, -0.2) is 4.57 Å². The number of anilines is 3. The molecule has 11 aromatic carbocycles. The van der Waals surface area contributed by atoms with Gasteiger partial charge in [-0.3, -0.25) is 0 Å². The zero-order valence-corrected chi connectivity index (χ0v) is 38.0. The van der Waals surface area contributed by atoms with Gasteiger partial charge in [-0.05, 0) is 122 Å². The predicted molar refractivity (Wildman–Crippen MR) is 289 cm³/mol. The minimum Gasteiger partial charge on any atom is -0.310 e. The summed E-state index contributed by atoms with van der Waals surface area (Å²) >= 11 is 0. The van der Waals surface area contributed by atoms with E-state index in [0.717, 1.165) is 33.9 Å². The van der Waals surface area contributed by atoms with E-state index in [1.165, 1.54) is 77.4 Å². The van der Waals surface area contributed by atoms with Gasteiger partial charge in [-0.25, -0.2) is 0 Å². The van der Waals surface area contributed by atoms with Crippen LogP contribution in [0.3, 0.4) is 0 Å². The number of hydrogen-bond acceptors (Lipinski definition) is 1. The summed E-state index contributed by atoms with van der Waals surface area (Å²) in [5.74, 6) is 0. The van der Waals surface area contributed by atoms with Gasteiger partial charge < -0.3 is 9.47 Å². The lowest BCUT2D eigenvalue weighted by Gasteiger charge is -2.35. The van der Waals surface area contributed by atoms with Crippen molar-refractivity contribution < 1.29 is 0 Å². The third-order valence-electron chi connectivity index (χ3n) is 14.3. The van der Waals surface area contributed by atoms with Crippen LogP contribution in [0.25, 0.3) is 72.0 Å². The van der Waals surface area contributed by atoms with Gasteiger partial charge in [-0.15, -0.1) is 0 Å². The van der Waals surface area contributed by atoms with Crippen LogP contribution in [0.4, 0.5) is 17.1 Å². The van der Waals surface area contributed by atoms with E-state index < -0.39 is 5.41 Å². The number of para-hydroxylation sites is 3. The second-order valence-corrected chi connectivity index (χ2v) is 18.0. The zero-order valence-electron chi connectivity index (χ0n) is 38.0. The molecule has 0 amide bonds. The normalized spacial score (nSPS) is 12.5. The second-order valence-electron chi connectivity index (χ2n) is 18.0. The van der Waals surface area contributed by atoms with Gasteiger partial charge in [0.1, 0.15) is 0 Å². The number of rotatable bonds is 9. The second kappa shape index (κ2) is 16.7. The van der Waals surface area contributed by atoms with Crippen molar-refractivity contribution in [3.05, 3.63) is 301 Å². The predicted octanol–water partition coefficient (Wildman–Crippen LogP) is 17.6. The summed E-state index contributed by atoms with van der Waals surface area (Å²) in [7, 11) is 0. The molecule has 0 saturated heterocycles. The number of hydrogen-bond donors (Lipinski definition) is 0. The topological polar surface area (TPSA) is 8.17 Å². The van der Waals surface area contributed by atoms with Gasteiger partial charge in [0.15, 0.2) is 0 Å². The molecule has 0 spiro atoms. The van der Waals surface area contributed by atoms with Crippen LogP contribution >= 0.6 is 0 Å². The van der Waals surface area contributed by atoms with Crippen molar-refractivity contribution in [2.24, 2.45) is 0 Å². The maximum atomic E-state index is 2.47. The molecule has 69 heavy (non-hydrogen) atoms. The van der Waals surface area contributed by atoms with E-state index in [0.29, 0.717) is 0 Å². The van der Waals surface area contributed by atoms with Crippen molar-refractivity contribution in [3.63, 3.8) is 0 Å². The first-order chi connectivity index (χ1) is 34.2. The van der Waals surface area contributed by atoms with E-state index in [9.17, 15) is 0 Å².